The van der Waals surface area contributed by atoms with Crippen LogP contribution in [0.2, 0.25) is 0 Å². The fourth-order valence-electron chi connectivity index (χ4n) is 4.70. The molecule has 0 unspecified atom stereocenters. The number of hydrogen-bond donors (Lipinski definition) is 0. The first kappa shape index (κ1) is 24.8. The van der Waals surface area contributed by atoms with Gasteiger partial charge < -0.3 is 9.80 Å². The van der Waals surface area contributed by atoms with Crippen LogP contribution in [0.1, 0.15) is 18.9 Å². The van der Waals surface area contributed by atoms with Gasteiger partial charge in [0.1, 0.15) is 11.6 Å². The number of piperidine rings is 1. The maximum absolute atomic E-state index is 13.9. The van der Waals surface area contributed by atoms with Crippen LogP contribution >= 0.6 is 12.4 Å². The van der Waals surface area contributed by atoms with Gasteiger partial charge in [0, 0.05) is 43.6 Å². The highest BCUT2D eigenvalue weighted by Gasteiger charge is 2.23. The Bertz CT molecular complexity index is 1310. The highest BCUT2D eigenvalue weighted by Crippen LogP contribution is 2.27. The molecule has 1 aliphatic heterocycles. The Hall–Kier alpha value is -3.29. The van der Waals surface area contributed by atoms with Crippen molar-refractivity contribution in [1.82, 2.24) is 14.5 Å². The molecule has 5 rings (SSSR count). The molecule has 3 aromatic carbocycles. The number of para-hydroxylation sites is 1. The number of aromatic nitrogens is 2. The van der Waals surface area contributed by atoms with Crippen LogP contribution in [-0.4, -0.2) is 40.6 Å². The van der Waals surface area contributed by atoms with Crippen molar-refractivity contribution in [3.63, 3.8) is 0 Å². The van der Waals surface area contributed by atoms with Crippen LogP contribution in [0.4, 0.5) is 20.2 Å². The van der Waals surface area contributed by atoms with E-state index in [2.05, 4.69) is 9.88 Å². The first-order valence-electron chi connectivity index (χ1n) is 11.6. The van der Waals surface area contributed by atoms with E-state index < -0.39 is 0 Å². The van der Waals surface area contributed by atoms with E-state index in [0.29, 0.717) is 23.3 Å². The Kier molecular flexibility index (Phi) is 7.78. The molecule has 8 heteroatoms. The Morgan fingerprint density at radius 3 is 2.14 bits per heavy atom. The maximum atomic E-state index is 13.9. The Balaban J connectivity index is 0.00000289. The molecule has 1 fully saturated rings. The molecule has 0 amide bonds. The molecule has 2 heterocycles. The molecule has 0 N–H and O–H groups in total. The van der Waals surface area contributed by atoms with Gasteiger partial charge in [0.15, 0.2) is 0 Å². The molecule has 0 radical (unpaired) electrons. The lowest BCUT2D eigenvalue weighted by molar-refractivity contribution is 0.188. The minimum atomic E-state index is -0.325. The largest absolute Gasteiger partial charge is 0.340 e. The second-order valence-electron chi connectivity index (χ2n) is 8.66. The first-order chi connectivity index (χ1) is 16.6. The molecule has 0 bridgehead atoms. The normalized spacial score (nSPS) is 14.6. The highest BCUT2D eigenvalue weighted by atomic mass is 35.5. The van der Waals surface area contributed by atoms with Crippen molar-refractivity contribution in [1.29, 1.82) is 0 Å². The van der Waals surface area contributed by atoms with Gasteiger partial charge in [0.2, 0.25) is 0 Å². The lowest BCUT2D eigenvalue weighted by Crippen LogP contribution is -2.40. The minimum Gasteiger partial charge on any atom is -0.340 e. The summed E-state index contributed by atoms with van der Waals surface area (Å²) in [4.78, 5) is 21.7. The second-order valence-corrected chi connectivity index (χ2v) is 8.66. The van der Waals surface area contributed by atoms with Gasteiger partial charge in [-0.15, -0.1) is 12.4 Å². The zero-order chi connectivity index (χ0) is 23.5. The Labute approximate surface area is 209 Å². The van der Waals surface area contributed by atoms with E-state index in [4.69, 9.17) is 0 Å². The average Bonchev–Trinajstić information content (AvgIpc) is 2.85. The molecule has 35 heavy (non-hydrogen) atoms. The van der Waals surface area contributed by atoms with Crippen LogP contribution in [0.15, 0.2) is 83.9 Å². The van der Waals surface area contributed by atoms with Crippen LogP contribution in [0.3, 0.4) is 0 Å². The van der Waals surface area contributed by atoms with Crippen molar-refractivity contribution in [2.75, 3.05) is 31.1 Å². The standard InChI is InChI=1S/C27H26F2N4O.ClH/c28-20-5-3-7-23(17-20)32(24-8-4-6-21(29)18-24)16-15-31-13-11-22(12-14-31)33-19-30-26-10-2-1-9-25(26)27(33)34;/h1-10,17-19,22H,11-16H2;1H. The number of rotatable bonds is 6. The molecule has 182 valence electrons. The summed E-state index contributed by atoms with van der Waals surface area (Å²) in [7, 11) is 0. The number of hydrogen-bond acceptors (Lipinski definition) is 4. The molecule has 0 atom stereocenters. The molecule has 5 nitrogen and oxygen atoms in total. The number of anilines is 2. The van der Waals surface area contributed by atoms with Gasteiger partial charge in [-0.25, -0.2) is 13.8 Å². The van der Waals surface area contributed by atoms with Crippen molar-refractivity contribution in [3.8, 4) is 0 Å². The third-order valence-corrected chi connectivity index (χ3v) is 6.52. The smallest absolute Gasteiger partial charge is 0.261 e. The highest BCUT2D eigenvalue weighted by molar-refractivity contribution is 5.85. The van der Waals surface area contributed by atoms with Crippen molar-refractivity contribution in [2.45, 2.75) is 18.9 Å². The summed E-state index contributed by atoms with van der Waals surface area (Å²) in [5, 5.41) is 0.647. The van der Waals surface area contributed by atoms with Gasteiger partial charge in [0.05, 0.1) is 17.2 Å². The van der Waals surface area contributed by atoms with Gasteiger partial charge in [-0.2, -0.15) is 0 Å². The van der Waals surface area contributed by atoms with Gasteiger partial charge in [-0.1, -0.05) is 24.3 Å². The Morgan fingerprint density at radius 2 is 1.51 bits per heavy atom. The van der Waals surface area contributed by atoms with Gasteiger partial charge in [-0.05, 0) is 61.4 Å². The number of nitrogens with zero attached hydrogens (tertiary/aromatic N) is 4. The summed E-state index contributed by atoms with van der Waals surface area (Å²) < 4.78 is 29.6. The zero-order valence-electron chi connectivity index (χ0n) is 19.2. The predicted molar refractivity (Wildman–Crippen MR) is 138 cm³/mol. The van der Waals surface area contributed by atoms with Gasteiger partial charge >= 0.3 is 0 Å². The summed E-state index contributed by atoms with van der Waals surface area (Å²) in [6.45, 7) is 3.01. The SMILES string of the molecule is Cl.O=c1c2ccccc2ncn1C1CCN(CCN(c2cccc(F)c2)c2cccc(F)c2)CC1. The molecule has 1 aliphatic rings. The zero-order valence-corrected chi connectivity index (χ0v) is 20.0. The predicted octanol–water partition coefficient (Wildman–Crippen LogP) is 5.57. The fraction of sp³-hybridized carbons (Fsp3) is 0.259. The van der Waals surface area contributed by atoms with E-state index in [0.717, 1.165) is 38.0 Å². The summed E-state index contributed by atoms with van der Waals surface area (Å²) in [6, 6.07) is 20.3. The van der Waals surface area contributed by atoms with Crippen LogP contribution in [0.25, 0.3) is 10.9 Å². The lowest BCUT2D eigenvalue weighted by atomic mass is 10.0. The van der Waals surface area contributed by atoms with E-state index in [1.807, 2.05) is 41.3 Å². The maximum Gasteiger partial charge on any atom is 0.261 e. The van der Waals surface area contributed by atoms with Crippen molar-refractivity contribution in [2.24, 2.45) is 0 Å². The van der Waals surface area contributed by atoms with Crippen LogP contribution in [-0.2, 0) is 0 Å². The fourth-order valence-corrected chi connectivity index (χ4v) is 4.70. The molecule has 0 saturated carbocycles. The first-order valence-corrected chi connectivity index (χ1v) is 11.6. The summed E-state index contributed by atoms with van der Waals surface area (Å²) in [5.41, 5.74) is 2.10. The van der Waals surface area contributed by atoms with Gasteiger partial charge in [-0.3, -0.25) is 9.36 Å². The Morgan fingerprint density at radius 1 is 0.886 bits per heavy atom. The average molecular weight is 497 g/mol. The van der Waals surface area contributed by atoms with Crippen LogP contribution in [0.5, 0.6) is 0 Å². The summed E-state index contributed by atoms with van der Waals surface area (Å²) in [5.74, 6) is -0.650. The molecule has 0 aliphatic carbocycles. The molecule has 1 aromatic heterocycles. The summed E-state index contributed by atoms with van der Waals surface area (Å²) in [6.07, 6.45) is 3.36. The quantitative estimate of drug-likeness (QED) is 0.350. The number of benzene rings is 3. The minimum absolute atomic E-state index is 0. The monoisotopic (exact) mass is 496 g/mol. The van der Waals surface area contributed by atoms with E-state index in [9.17, 15) is 13.6 Å². The third-order valence-electron chi connectivity index (χ3n) is 6.52. The molecular weight excluding hydrogens is 470 g/mol. The molecule has 1 saturated heterocycles. The molecule has 0 spiro atoms. The van der Waals surface area contributed by atoms with E-state index in [1.54, 1.807) is 23.0 Å². The molecule has 4 aromatic rings. The van der Waals surface area contributed by atoms with E-state index in [1.165, 1.54) is 24.3 Å². The van der Waals surface area contributed by atoms with E-state index in [-0.39, 0.29) is 35.6 Å². The lowest BCUT2D eigenvalue weighted by Gasteiger charge is -2.34. The summed E-state index contributed by atoms with van der Waals surface area (Å²) >= 11 is 0. The number of halogens is 3. The van der Waals surface area contributed by atoms with Crippen LogP contribution in [0, 0.1) is 11.6 Å². The van der Waals surface area contributed by atoms with Crippen molar-refractivity contribution >= 4 is 34.7 Å². The number of fused-ring (bicyclic) bond motifs is 1. The van der Waals surface area contributed by atoms with E-state index >= 15 is 0 Å². The van der Waals surface area contributed by atoms with Gasteiger partial charge in [0.25, 0.3) is 5.56 Å². The molecular formula is C27H27ClF2N4O. The van der Waals surface area contributed by atoms with Crippen LogP contribution < -0.4 is 10.5 Å². The third kappa shape index (κ3) is 5.52. The van der Waals surface area contributed by atoms with Crippen molar-refractivity contribution < 1.29 is 8.78 Å². The second kappa shape index (κ2) is 11.0. The topological polar surface area (TPSA) is 41.4 Å². The number of likely N-dealkylation sites (tertiary alicyclic amines) is 1. The van der Waals surface area contributed by atoms with Crippen molar-refractivity contribution in [3.05, 3.63) is 101 Å².